The maximum absolute atomic E-state index is 12.5. The summed E-state index contributed by atoms with van der Waals surface area (Å²) in [6, 6.07) is 2.52. The molecular weight excluding hydrogens is 290 g/mol. The predicted octanol–water partition coefficient (Wildman–Crippen LogP) is 1.08. The third-order valence-corrected chi connectivity index (χ3v) is 4.78. The Kier molecular flexibility index (Phi) is 5.36. The maximum atomic E-state index is 12.5. The van der Waals surface area contributed by atoms with Gasteiger partial charge >= 0.3 is 0 Å². The Balaban J connectivity index is 3.08. The van der Waals surface area contributed by atoms with Crippen LogP contribution >= 0.6 is 0 Å². The number of anilines is 1. The van der Waals surface area contributed by atoms with Crippen molar-refractivity contribution >= 4 is 21.6 Å². The van der Waals surface area contributed by atoms with Gasteiger partial charge in [-0.05, 0) is 45.7 Å². The number of nitrogen functional groups attached to an aromatic ring is 1. The van der Waals surface area contributed by atoms with Gasteiger partial charge in [0.1, 0.15) is 4.90 Å². The molecule has 1 atom stereocenters. The number of nitrogens with one attached hydrogen (secondary N) is 2. The maximum Gasteiger partial charge on any atom is 0.243 e. The van der Waals surface area contributed by atoms with Crippen LogP contribution < -0.4 is 15.8 Å². The van der Waals surface area contributed by atoms with Gasteiger partial charge in [-0.2, -0.15) is 4.72 Å². The molecule has 118 valence electrons. The number of carbonyl (C=O) groups is 1. The lowest BCUT2D eigenvalue weighted by atomic mass is 10.1. The van der Waals surface area contributed by atoms with E-state index >= 15 is 0 Å². The van der Waals surface area contributed by atoms with E-state index in [1.165, 1.54) is 6.92 Å². The van der Waals surface area contributed by atoms with Gasteiger partial charge < -0.3 is 11.1 Å². The first kappa shape index (κ1) is 17.5. The molecule has 6 nitrogen and oxygen atoms in total. The van der Waals surface area contributed by atoms with Crippen LogP contribution in [0.4, 0.5) is 5.69 Å². The Labute approximate surface area is 126 Å². The molecule has 7 heteroatoms. The van der Waals surface area contributed by atoms with Crippen LogP contribution in [0.1, 0.15) is 31.9 Å². The number of hydrogen-bond donors (Lipinski definition) is 3. The summed E-state index contributed by atoms with van der Waals surface area (Å²) in [4.78, 5) is 11.9. The second-order valence-electron chi connectivity index (χ2n) is 5.45. The molecule has 0 heterocycles. The van der Waals surface area contributed by atoms with E-state index in [1.54, 1.807) is 26.0 Å². The number of aryl methyl sites for hydroxylation is 2. The SMILES string of the molecule is Cc1ccc(C)c(S(=O)(=O)NC(C)C(=O)NC(C)C)c1N. The van der Waals surface area contributed by atoms with Gasteiger partial charge in [-0.3, -0.25) is 4.79 Å². The highest BCUT2D eigenvalue weighted by molar-refractivity contribution is 7.89. The second kappa shape index (κ2) is 6.44. The molecule has 1 aromatic carbocycles. The summed E-state index contributed by atoms with van der Waals surface area (Å²) < 4.78 is 27.3. The smallest absolute Gasteiger partial charge is 0.243 e. The van der Waals surface area contributed by atoms with E-state index in [4.69, 9.17) is 5.73 Å². The van der Waals surface area contributed by atoms with Gasteiger partial charge in [-0.1, -0.05) is 12.1 Å². The minimum Gasteiger partial charge on any atom is -0.397 e. The number of carbonyl (C=O) groups excluding carboxylic acids is 1. The average Bonchev–Trinajstić information content (AvgIpc) is 2.32. The quantitative estimate of drug-likeness (QED) is 0.708. The lowest BCUT2D eigenvalue weighted by molar-refractivity contribution is -0.122. The standard InChI is InChI=1S/C14H23N3O3S/c1-8(2)16-14(18)11(5)17-21(19,20)13-10(4)7-6-9(3)12(13)15/h6-8,11,17H,15H2,1-5H3,(H,16,18). The molecule has 21 heavy (non-hydrogen) atoms. The van der Waals surface area contributed by atoms with E-state index in [-0.39, 0.29) is 22.5 Å². The fourth-order valence-corrected chi connectivity index (χ4v) is 3.55. The van der Waals surface area contributed by atoms with Gasteiger partial charge in [0.25, 0.3) is 0 Å². The summed E-state index contributed by atoms with van der Waals surface area (Å²) in [6.07, 6.45) is 0. The first-order valence-electron chi connectivity index (χ1n) is 6.74. The van der Waals surface area contributed by atoms with Crippen LogP contribution in [-0.2, 0) is 14.8 Å². The Morgan fingerprint density at radius 1 is 1.14 bits per heavy atom. The monoisotopic (exact) mass is 313 g/mol. The fraction of sp³-hybridized carbons (Fsp3) is 0.500. The molecule has 0 saturated carbocycles. The van der Waals surface area contributed by atoms with Gasteiger partial charge in [0.2, 0.25) is 15.9 Å². The van der Waals surface area contributed by atoms with Crippen LogP contribution in [0, 0.1) is 13.8 Å². The zero-order valence-electron chi connectivity index (χ0n) is 13.0. The molecule has 0 bridgehead atoms. The van der Waals surface area contributed by atoms with Crippen molar-refractivity contribution in [2.75, 3.05) is 5.73 Å². The predicted molar refractivity (Wildman–Crippen MR) is 83.4 cm³/mol. The molecule has 1 aromatic rings. The fourth-order valence-electron chi connectivity index (χ4n) is 1.92. The average molecular weight is 313 g/mol. The molecule has 0 aliphatic carbocycles. The summed E-state index contributed by atoms with van der Waals surface area (Å²) >= 11 is 0. The number of hydrogen-bond acceptors (Lipinski definition) is 4. The van der Waals surface area contributed by atoms with Crippen molar-refractivity contribution in [3.05, 3.63) is 23.3 Å². The molecular formula is C14H23N3O3S. The van der Waals surface area contributed by atoms with Crippen LogP contribution in [0.25, 0.3) is 0 Å². The highest BCUT2D eigenvalue weighted by Gasteiger charge is 2.26. The lowest BCUT2D eigenvalue weighted by Crippen LogP contribution is -2.46. The summed E-state index contributed by atoms with van der Waals surface area (Å²) in [6.45, 7) is 8.52. The molecule has 0 fully saturated rings. The van der Waals surface area contributed by atoms with Gasteiger partial charge in [0.05, 0.1) is 11.7 Å². The van der Waals surface area contributed by atoms with Gasteiger partial charge in [0, 0.05) is 6.04 Å². The van der Waals surface area contributed by atoms with E-state index in [0.717, 1.165) is 0 Å². The van der Waals surface area contributed by atoms with Crippen molar-refractivity contribution in [3.8, 4) is 0 Å². The van der Waals surface area contributed by atoms with E-state index in [9.17, 15) is 13.2 Å². The van der Waals surface area contributed by atoms with Gasteiger partial charge in [0.15, 0.2) is 0 Å². The molecule has 0 radical (unpaired) electrons. The third kappa shape index (κ3) is 4.18. The summed E-state index contributed by atoms with van der Waals surface area (Å²) in [5.41, 5.74) is 7.31. The van der Waals surface area contributed by atoms with Crippen LogP contribution in [0.15, 0.2) is 17.0 Å². The number of rotatable bonds is 5. The number of amides is 1. The minimum atomic E-state index is -3.86. The third-order valence-electron chi connectivity index (χ3n) is 3.04. The zero-order valence-corrected chi connectivity index (χ0v) is 13.8. The molecule has 0 aliphatic heterocycles. The van der Waals surface area contributed by atoms with E-state index in [0.29, 0.717) is 11.1 Å². The highest BCUT2D eigenvalue weighted by Crippen LogP contribution is 2.25. The Morgan fingerprint density at radius 2 is 1.67 bits per heavy atom. The first-order chi connectivity index (χ1) is 9.56. The largest absolute Gasteiger partial charge is 0.397 e. The topological polar surface area (TPSA) is 101 Å². The van der Waals surface area contributed by atoms with E-state index in [1.807, 2.05) is 13.8 Å². The normalized spacial score (nSPS) is 13.2. The van der Waals surface area contributed by atoms with E-state index < -0.39 is 16.1 Å². The minimum absolute atomic E-state index is 0.0340. The van der Waals surface area contributed by atoms with Crippen LogP contribution in [-0.4, -0.2) is 26.4 Å². The molecule has 4 N–H and O–H groups in total. The molecule has 0 saturated heterocycles. The summed E-state index contributed by atoms with van der Waals surface area (Å²) in [5, 5.41) is 2.66. The number of benzene rings is 1. The summed E-state index contributed by atoms with van der Waals surface area (Å²) in [7, 11) is -3.86. The summed E-state index contributed by atoms with van der Waals surface area (Å²) in [5.74, 6) is -0.377. The Bertz CT molecular complexity index is 639. The Morgan fingerprint density at radius 3 is 2.19 bits per heavy atom. The number of nitrogens with two attached hydrogens (primary N) is 1. The molecule has 1 unspecified atom stereocenters. The van der Waals surface area contributed by atoms with Crippen molar-refractivity contribution in [3.63, 3.8) is 0 Å². The lowest BCUT2D eigenvalue weighted by Gasteiger charge is -2.18. The van der Waals surface area contributed by atoms with Gasteiger partial charge in [-0.15, -0.1) is 0 Å². The molecule has 1 amide bonds. The van der Waals surface area contributed by atoms with Crippen LogP contribution in [0.3, 0.4) is 0 Å². The van der Waals surface area contributed by atoms with Gasteiger partial charge in [-0.25, -0.2) is 8.42 Å². The highest BCUT2D eigenvalue weighted by atomic mass is 32.2. The number of sulfonamides is 1. The van der Waals surface area contributed by atoms with Crippen molar-refractivity contribution in [2.45, 2.75) is 51.6 Å². The molecule has 0 aromatic heterocycles. The zero-order chi connectivity index (χ0) is 16.4. The first-order valence-corrected chi connectivity index (χ1v) is 8.23. The van der Waals surface area contributed by atoms with Crippen LogP contribution in [0.5, 0.6) is 0 Å². The van der Waals surface area contributed by atoms with Crippen molar-refractivity contribution in [1.29, 1.82) is 0 Å². The molecule has 0 aliphatic rings. The Hall–Kier alpha value is -1.60. The second-order valence-corrected chi connectivity index (χ2v) is 7.10. The van der Waals surface area contributed by atoms with Crippen molar-refractivity contribution < 1.29 is 13.2 Å². The molecule has 0 spiro atoms. The van der Waals surface area contributed by atoms with Crippen molar-refractivity contribution in [2.24, 2.45) is 0 Å². The van der Waals surface area contributed by atoms with Crippen LogP contribution in [0.2, 0.25) is 0 Å². The molecule has 1 rings (SSSR count). The van der Waals surface area contributed by atoms with E-state index in [2.05, 4.69) is 10.0 Å². The van der Waals surface area contributed by atoms with Crippen molar-refractivity contribution in [1.82, 2.24) is 10.0 Å².